The molecule has 22 heavy (non-hydrogen) atoms. The summed E-state index contributed by atoms with van der Waals surface area (Å²) < 4.78 is 5.30. The lowest BCUT2D eigenvalue weighted by molar-refractivity contribution is 0.0491. The average Bonchev–Trinajstić information content (AvgIpc) is 2.55. The van der Waals surface area contributed by atoms with Crippen LogP contribution in [0.4, 0.5) is 0 Å². The van der Waals surface area contributed by atoms with Crippen molar-refractivity contribution in [1.29, 1.82) is 0 Å². The Morgan fingerprint density at radius 1 is 0.955 bits per heavy atom. The van der Waals surface area contributed by atoms with Gasteiger partial charge in [0.05, 0.1) is 17.7 Å². The molecule has 0 atom stereocenters. The first-order valence-corrected chi connectivity index (χ1v) is 8.21. The van der Waals surface area contributed by atoms with Crippen LogP contribution in [0.2, 0.25) is 0 Å². The Labute approximate surface area is 133 Å². The molecule has 0 saturated heterocycles. The molecule has 1 rings (SSSR count). The Morgan fingerprint density at radius 2 is 1.59 bits per heavy atom. The van der Waals surface area contributed by atoms with E-state index in [1.54, 1.807) is 29.2 Å². The van der Waals surface area contributed by atoms with Crippen LogP contribution in [0.3, 0.4) is 0 Å². The highest BCUT2D eigenvalue weighted by molar-refractivity contribution is 6.05. The standard InChI is InChI=1S/C18H27NO3/c1-4-7-8-11-14-22-18(21)16-13-10-9-12-15(16)17(20)19(5-2)6-3/h9-10,12-13H,4-8,11,14H2,1-3H3. The van der Waals surface area contributed by atoms with Gasteiger partial charge in [-0.25, -0.2) is 4.79 Å². The van der Waals surface area contributed by atoms with Gasteiger partial charge in [0.1, 0.15) is 0 Å². The van der Waals surface area contributed by atoms with Crippen molar-refractivity contribution in [2.24, 2.45) is 0 Å². The van der Waals surface area contributed by atoms with Crippen LogP contribution in [0.5, 0.6) is 0 Å². The second-order valence-electron chi connectivity index (χ2n) is 5.22. The summed E-state index contributed by atoms with van der Waals surface area (Å²) in [7, 11) is 0. The van der Waals surface area contributed by atoms with Gasteiger partial charge in [0.2, 0.25) is 0 Å². The summed E-state index contributed by atoms with van der Waals surface area (Å²) in [6.07, 6.45) is 4.22. The van der Waals surface area contributed by atoms with E-state index in [1.807, 2.05) is 13.8 Å². The van der Waals surface area contributed by atoms with Crippen molar-refractivity contribution in [3.63, 3.8) is 0 Å². The number of hydrogen-bond acceptors (Lipinski definition) is 3. The van der Waals surface area contributed by atoms with Crippen molar-refractivity contribution < 1.29 is 14.3 Å². The van der Waals surface area contributed by atoms with E-state index in [2.05, 4.69) is 6.92 Å². The quantitative estimate of drug-likeness (QED) is 0.513. The fraction of sp³-hybridized carbons (Fsp3) is 0.556. The van der Waals surface area contributed by atoms with Crippen LogP contribution in [-0.2, 0) is 4.74 Å². The first kappa shape index (κ1) is 18.2. The fourth-order valence-corrected chi connectivity index (χ4v) is 2.30. The number of carbonyl (C=O) groups is 2. The minimum absolute atomic E-state index is 0.122. The number of rotatable bonds is 9. The smallest absolute Gasteiger partial charge is 0.338 e. The summed E-state index contributed by atoms with van der Waals surface area (Å²) in [6, 6.07) is 6.88. The third kappa shape index (κ3) is 5.17. The first-order chi connectivity index (χ1) is 10.7. The van der Waals surface area contributed by atoms with Crippen molar-refractivity contribution in [1.82, 2.24) is 4.90 Å². The molecule has 122 valence electrons. The molecule has 0 fully saturated rings. The monoisotopic (exact) mass is 305 g/mol. The number of hydrogen-bond donors (Lipinski definition) is 0. The van der Waals surface area contributed by atoms with Gasteiger partial charge in [0, 0.05) is 13.1 Å². The van der Waals surface area contributed by atoms with E-state index in [0.717, 1.165) is 25.7 Å². The van der Waals surface area contributed by atoms with E-state index in [0.29, 0.717) is 30.8 Å². The molecule has 1 amide bonds. The van der Waals surface area contributed by atoms with E-state index in [1.165, 1.54) is 0 Å². The minimum Gasteiger partial charge on any atom is -0.462 e. The molecule has 0 aromatic heterocycles. The molecule has 0 spiro atoms. The van der Waals surface area contributed by atoms with Crippen molar-refractivity contribution in [2.45, 2.75) is 46.5 Å². The third-order valence-electron chi connectivity index (χ3n) is 3.66. The molecular formula is C18H27NO3. The molecule has 0 aliphatic heterocycles. The molecule has 4 heteroatoms. The van der Waals surface area contributed by atoms with Gasteiger partial charge in [-0.1, -0.05) is 38.3 Å². The largest absolute Gasteiger partial charge is 0.462 e. The summed E-state index contributed by atoms with van der Waals surface area (Å²) in [6.45, 7) is 7.64. The highest BCUT2D eigenvalue weighted by atomic mass is 16.5. The van der Waals surface area contributed by atoms with Crippen LogP contribution < -0.4 is 0 Å². The van der Waals surface area contributed by atoms with E-state index in [-0.39, 0.29) is 5.91 Å². The maximum Gasteiger partial charge on any atom is 0.338 e. The zero-order chi connectivity index (χ0) is 16.4. The number of benzene rings is 1. The van der Waals surface area contributed by atoms with Gasteiger partial charge < -0.3 is 9.64 Å². The molecule has 4 nitrogen and oxygen atoms in total. The summed E-state index contributed by atoms with van der Waals surface area (Å²) in [5.74, 6) is -0.531. The predicted molar refractivity (Wildman–Crippen MR) is 88.1 cm³/mol. The molecule has 1 aromatic carbocycles. The molecular weight excluding hydrogens is 278 g/mol. The van der Waals surface area contributed by atoms with E-state index in [4.69, 9.17) is 4.74 Å². The van der Waals surface area contributed by atoms with Gasteiger partial charge in [-0.15, -0.1) is 0 Å². The number of esters is 1. The van der Waals surface area contributed by atoms with Crippen LogP contribution in [0.1, 0.15) is 67.2 Å². The molecule has 1 aromatic rings. The van der Waals surface area contributed by atoms with Crippen molar-refractivity contribution in [3.05, 3.63) is 35.4 Å². The van der Waals surface area contributed by atoms with E-state index >= 15 is 0 Å². The molecule has 0 aliphatic rings. The van der Waals surface area contributed by atoms with Gasteiger partial charge >= 0.3 is 5.97 Å². The van der Waals surface area contributed by atoms with Crippen LogP contribution >= 0.6 is 0 Å². The SMILES string of the molecule is CCCCCCOC(=O)c1ccccc1C(=O)N(CC)CC. The van der Waals surface area contributed by atoms with Crippen LogP contribution in [0.25, 0.3) is 0 Å². The maximum atomic E-state index is 12.5. The van der Waals surface area contributed by atoms with Crippen molar-refractivity contribution in [2.75, 3.05) is 19.7 Å². The number of ether oxygens (including phenoxy) is 1. The van der Waals surface area contributed by atoms with E-state index in [9.17, 15) is 9.59 Å². The molecule has 0 aliphatic carbocycles. The summed E-state index contributed by atoms with van der Waals surface area (Å²) >= 11 is 0. The van der Waals surface area contributed by atoms with Crippen molar-refractivity contribution >= 4 is 11.9 Å². The maximum absolute atomic E-state index is 12.5. The third-order valence-corrected chi connectivity index (χ3v) is 3.66. The lowest BCUT2D eigenvalue weighted by Gasteiger charge is -2.20. The Balaban J connectivity index is 2.74. The van der Waals surface area contributed by atoms with Gasteiger partial charge in [-0.05, 0) is 32.4 Å². The van der Waals surface area contributed by atoms with Gasteiger partial charge in [-0.3, -0.25) is 4.79 Å². The van der Waals surface area contributed by atoms with E-state index < -0.39 is 5.97 Å². The Kier molecular flexibility index (Phi) is 8.26. The molecule has 0 saturated carbocycles. The second kappa shape index (κ2) is 9.98. The zero-order valence-electron chi connectivity index (χ0n) is 13.9. The molecule has 0 N–H and O–H groups in total. The topological polar surface area (TPSA) is 46.6 Å². The number of carbonyl (C=O) groups excluding carboxylic acids is 2. The highest BCUT2D eigenvalue weighted by Gasteiger charge is 2.20. The minimum atomic E-state index is -0.410. The fourth-order valence-electron chi connectivity index (χ4n) is 2.30. The van der Waals surface area contributed by atoms with Gasteiger partial charge in [0.25, 0.3) is 5.91 Å². The molecule has 0 heterocycles. The van der Waals surface area contributed by atoms with Crippen LogP contribution in [0, 0.1) is 0 Å². The Morgan fingerprint density at radius 3 is 2.18 bits per heavy atom. The van der Waals surface area contributed by atoms with Crippen molar-refractivity contribution in [3.8, 4) is 0 Å². The number of unbranched alkanes of at least 4 members (excludes halogenated alkanes) is 3. The predicted octanol–water partition coefficient (Wildman–Crippen LogP) is 3.91. The second-order valence-corrected chi connectivity index (χ2v) is 5.22. The average molecular weight is 305 g/mol. The molecule has 0 radical (unpaired) electrons. The lowest BCUT2D eigenvalue weighted by atomic mass is 10.1. The zero-order valence-corrected chi connectivity index (χ0v) is 13.9. The van der Waals surface area contributed by atoms with Crippen LogP contribution in [-0.4, -0.2) is 36.5 Å². The summed E-state index contributed by atoms with van der Waals surface area (Å²) in [5, 5.41) is 0. The molecule has 0 unspecified atom stereocenters. The first-order valence-electron chi connectivity index (χ1n) is 8.21. The number of amides is 1. The summed E-state index contributed by atoms with van der Waals surface area (Å²) in [5.41, 5.74) is 0.777. The molecule has 0 bridgehead atoms. The highest BCUT2D eigenvalue weighted by Crippen LogP contribution is 2.14. The normalized spacial score (nSPS) is 10.3. The van der Waals surface area contributed by atoms with Gasteiger partial charge in [-0.2, -0.15) is 0 Å². The number of nitrogens with zero attached hydrogens (tertiary/aromatic N) is 1. The lowest BCUT2D eigenvalue weighted by Crippen LogP contribution is -2.31. The van der Waals surface area contributed by atoms with Gasteiger partial charge in [0.15, 0.2) is 0 Å². The summed E-state index contributed by atoms with van der Waals surface area (Å²) in [4.78, 5) is 26.4. The Bertz CT molecular complexity index is 481. The Hall–Kier alpha value is -1.84. The van der Waals surface area contributed by atoms with Crippen LogP contribution in [0.15, 0.2) is 24.3 Å².